The van der Waals surface area contributed by atoms with Gasteiger partial charge in [0.2, 0.25) is 5.91 Å². The van der Waals surface area contributed by atoms with Crippen molar-refractivity contribution in [1.29, 1.82) is 0 Å². The van der Waals surface area contributed by atoms with Gasteiger partial charge in [-0.2, -0.15) is 0 Å². The molecule has 116 valence electrons. The van der Waals surface area contributed by atoms with E-state index in [-0.39, 0.29) is 12.5 Å². The minimum atomic E-state index is 0.0353. The van der Waals surface area contributed by atoms with Crippen LogP contribution in [0.2, 0.25) is 0 Å². The Morgan fingerprint density at radius 2 is 2.05 bits per heavy atom. The number of aliphatic hydroxyl groups excluding tert-OH is 1. The summed E-state index contributed by atoms with van der Waals surface area (Å²) in [5.74, 6) is 0.381. The number of hydrogen-bond acceptors (Lipinski definition) is 3. The molecule has 0 radical (unpaired) electrons. The third-order valence-electron chi connectivity index (χ3n) is 4.32. The summed E-state index contributed by atoms with van der Waals surface area (Å²) in [6, 6.07) is 8.15. The van der Waals surface area contributed by atoms with Crippen LogP contribution in [0.15, 0.2) is 24.3 Å². The summed E-state index contributed by atoms with van der Waals surface area (Å²) >= 11 is 0. The first-order valence-electron chi connectivity index (χ1n) is 7.90. The van der Waals surface area contributed by atoms with E-state index >= 15 is 0 Å². The Hall–Kier alpha value is -1.39. The number of para-hydroxylation sites is 1. The van der Waals surface area contributed by atoms with Crippen molar-refractivity contribution in [2.24, 2.45) is 5.92 Å². The van der Waals surface area contributed by atoms with E-state index in [0.717, 1.165) is 24.1 Å². The lowest BCUT2D eigenvalue weighted by molar-refractivity contribution is -0.116. The lowest BCUT2D eigenvalue weighted by Gasteiger charge is -2.31. The standard InChI is InChI=1S/C17H26N2O2/c1-13-6-2-4-8-15(13)19-17(21)10-11-18-16-9-5-3-7-14(16)12-20/h2,4,6,8,14,16,18,20H,3,5,7,9-12H2,1H3,(H,19,21)/t14-,16+/m1/s1. The summed E-state index contributed by atoms with van der Waals surface area (Å²) in [6.07, 6.45) is 5.07. The van der Waals surface area contributed by atoms with Crippen LogP contribution in [0.5, 0.6) is 0 Å². The average molecular weight is 290 g/mol. The average Bonchev–Trinajstić information content (AvgIpc) is 2.50. The van der Waals surface area contributed by atoms with E-state index in [1.807, 2.05) is 31.2 Å². The van der Waals surface area contributed by atoms with E-state index in [9.17, 15) is 9.90 Å². The van der Waals surface area contributed by atoms with Crippen LogP contribution >= 0.6 is 0 Å². The van der Waals surface area contributed by atoms with E-state index in [4.69, 9.17) is 0 Å². The summed E-state index contributed by atoms with van der Waals surface area (Å²) in [5, 5.41) is 15.8. The predicted molar refractivity (Wildman–Crippen MR) is 85.3 cm³/mol. The van der Waals surface area contributed by atoms with Gasteiger partial charge in [-0.15, -0.1) is 0 Å². The zero-order valence-electron chi connectivity index (χ0n) is 12.8. The van der Waals surface area contributed by atoms with Crippen LogP contribution in [0.1, 0.15) is 37.7 Å². The Kier molecular flexibility index (Phi) is 6.21. The molecular formula is C17H26N2O2. The molecule has 21 heavy (non-hydrogen) atoms. The molecule has 0 saturated heterocycles. The first-order valence-corrected chi connectivity index (χ1v) is 7.90. The molecule has 3 N–H and O–H groups in total. The normalized spacial score (nSPS) is 22.0. The van der Waals surface area contributed by atoms with Gasteiger partial charge < -0.3 is 15.7 Å². The van der Waals surface area contributed by atoms with Crippen molar-refractivity contribution in [2.45, 2.75) is 45.1 Å². The molecule has 2 rings (SSSR count). The lowest BCUT2D eigenvalue weighted by atomic mass is 9.85. The summed E-state index contributed by atoms with van der Waals surface area (Å²) in [5.41, 5.74) is 1.96. The van der Waals surface area contributed by atoms with Crippen LogP contribution in [0.4, 0.5) is 5.69 Å². The maximum Gasteiger partial charge on any atom is 0.225 e. The first-order chi connectivity index (χ1) is 10.2. The quantitative estimate of drug-likeness (QED) is 0.754. The fourth-order valence-corrected chi connectivity index (χ4v) is 2.99. The van der Waals surface area contributed by atoms with Gasteiger partial charge in [-0.25, -0.2) is 0 Å². The summed E-state index contributed by atoms with van der Waals surface area (Å²) in [4.78, 5) is 12.0. The molecule has 4 heteroatoms. The molecule has 0 heterocycles. The number of carbonyl (C=O) groups excluding carboxylic acids is 1. The summed E-state index contributed by atoms with van der Waals surface area (Å²) in [7, 11) is 0. The molecule has 4 nitrogen and oxygen atoms in total. The second kappa shape index (κ2) is 8.15. The van der Waals surface area contributed by atoms with Gasteiger partial charge in [0.25, 0.3) is 0 Å². The van der Waals surface area contributed by atoms with Gasteiger partial charge >= 0.3 is 0 Å². The smallest absolute Gasteiger partial charge is 0.225 e. The molecule has 1 aromatic carbocycles. The third-order valence-corrected chi connectivity index (χ3v) is 4.32. The molecule has 1 saturated carbocycles. The number of anilines is 1. The first kappa shape index (κ1) is 16.0. The number of nitrogens with one attached hydrogen (secondary N) is 2. The third kappa shape index (κ3) is 4.83. The highest BCUT2D eigenvalue weighted by molar-refractivity contribution is 5.91. The molecule has 0 spiro atoms. The molecule has 1 fully saturated rings. The van der Waals surface area contributed by atoms with Crippen LogP contribution in [0, 0.1) is 12.8 Å². The number of amides is 1. The Morgan fingerprint density at radius 1 is 1.29 bits per heavy atom. The number of aliphatic hydroxyl groups is 1. The minimum Gasteiger partial charge on any atom is -0.396 e. The molecular weight excluding hydrogens is 264 g/mol. The highest BCUT2D eigenvalue weighted by Crippen LogP contribution is 2.23. The summed E-state index contributed by atoms with van der Waals surface area (Å²) in [6.45, 7) is 2.90. The van der Waals surface area contributed by atoms with Gasteiger partial charge in [-0.05, 0) is 37.3 Å². The van der Waals surface area contributed by atoms with E-state index in [1.165, 1.54) is 12.8 Å². The van der Waals surface area contributed by atoms with Crippen molar-refractivity contribution >= 4 is 11.6 Å². The molecule has 1 aliphatic carbocycles. The van der Waals surface area contributed by atoms with Crippen LogP contribution in [-0.2, 0) is 4.79 Å². The van der Waals surface area contributed by atoms with Crippen LogP contribution < -0.4 is 10.6 Å². The molecule has 0 aliphatic heterocycles. The largest absolute Gasteiger partial charge is 0.396 e. The minimum absolute atomic E-state index is 0.0353. The van der Waals surface area contributed by atoms with Crippen LogP contribution in [0.25, 0.3) is 0 Å². The second-order valence-corrected chi connectivity index (χ2v) is 5.90. The van der Waals surface area contributed by atoms with Crippen LogP contribution in [-0.4, -0.2) is 30.2 Å². The lowest BCUT2D eigenvalue weighted by Crippen LogP contribution is -2.41. The molecule has 0 aromatic heterocycles. The zero-order valence-corrected chi connectivity index (χ0v) is 12.8. The topological polar surface area (TPSA) is 61.4 Å². The maximum atomic E-state index is 12.0. The molecule has 1 aromatic rings. The van der Waals surface area contributed by atoms with Gasteiger partial charge in [0, 0.05) is 31.3 Å². The second-order valence-electron chi connectivity index (χ2n) is 5.90. The molecule has 2 atom stereocenters. The number of rotatable bonds is 6. The van der Waals surface area contributed by atoms with Gasteiger partial charge in [-0.1, -0.05) is 31.0 Å². The Morgan fingerprint density at radius 3 is 2.81 bits per heavy atom. The van der Waals surface area contributed by atoms with Gasteiger partial charge in [-0.3, -0.25) is 4.79 Å². The Balaban J connectivity index is 1.73. The fourth-order valence-electron chi connectivity index (χ4n) is 2.99. The van der Waals surface area contributed by atoms with Crippen molar-refractivity contribution in [2.75, 3.05) is 18.5 Å². The molecule has 1 aliphatic rings. The summed E-state index contributed by atoms with van der Waals surface area (Å²) < 4.78 is 0. The van der Waals surface area contributed by atoms with Crippen molar-refractivity contribution in [3.8, 4) is 0 Å². The van der Waals surface area contributed by atoms with Crippen molar-refractivity contribution in [3.63, 3.8) is 0 Å². The van der Waals surface area contributed by atoms with Gasteiger partial charge in [0.15, 0.2) is 0 Å². The number of carbonyl (C=O) groups is 1. The number of benzene rings is 1. The van der Waals surface area contributed by atoms with E-state index in [0.29, 0.717) is 24.9 Å². The molecule has 0 bridgehead atoms. The fraction of sp³-hybridized carbons (Fsp3) is 0.588. The maximum absolute atomic E-state index is 12.0. The van der Waals surface area contributed by atoms with E-state index in [2.05, 4.69) is 10.6 Å². The SMILES string of the molecule is Cc1ccccc1NC(=O)CCN[C@H]1CCCC[C@@H]1CO. The predicted octanol–water partition coefficient (Wildman–Crippen LogP) is 2.46. The highest BCUT2D eigenvalue weighted by Gasteiger charge is 2.23. The van der Waals surface area contributed by atoms with E-state index in [1.54, 1.807) is 0 Å². The molecule has 0 unspecified atom stereocenters. The highest BCUT2D eigenvalue weighted by atomic mass is 16.3. The Bertz CT molecular complexity index is 462. The van der Waals surface area contributed by atoms with E-state index < -0.39 is 0 Å². The van der Waals surface area contributed by atoms with Crippen molar-refractivity contribution < 1.29 is 9.90 Å². The van der Waals surface area contributed by atoms with Crippen molar-refractivity contribution in [1.82, 2.24) is 5.32 Å². The van der Waals surface area contributed by atoms with Crippen LogP contribution in [0.3, 0.4) is 0 Å². The number of aryl methyl sites for hydroxylation is 1. The Labute approximate surface area is 126 Å². The monoisotopic (exact) mass is 290 g/mol. The zero-order chi connectivity index (χ0) is 15.1. The molecule has 1 amide bonds. The number of hydrogen-bond donors (Lipinski definition) is 3. The van der Waals surface area contributed by atoms with Gasteiger partial charge in [0.1, 0.15) is 0 Å². The van der Waals surface area contributed by atoms with Crippen molar-refractivity contribution in [3.05, 3.63) is 29.8 Å². The van der Waals surface area contributed by atoms with Gasteiger partial charge in [0.05, 0.1) is 0 Å².